The third kappa shape index (κ3) is 3.02. The van der Waals surface area contributed by atoms with Gasteiger partial charge < -0.3 is 5.11 Å². The van der Waals surface area contributed by atoms with Gasteiger partial charge in [-0.3, -0.25) is 4.98 Å². The highest BCUT2D eigenvalue weighted by atomic mass is 35.5. The Morgan fingerprint density at radius 1 is 1.35 bits per heavy atom. The second-order valence-corrected chi connectivity index (χ2v) is 4.15. The lowest BCUT2D eigenvalue weighted by Gasteiger charge is -2.12. The highest BCUT2D eigenvalue weighted by Crippen LogP contribution is 2.26. The smallest absolute Gasteiger partial charge is 0.124 e. The Bertz CT molecular complexity index is 504. The van der Waals surface area contributed by atoms with Crippen LogP contribution in [0, 0.1) is 5.82 Å². The number of hydrogen-bond donors (Lipinski definition) is 1. The fraction of sp³-hybridized carbons (Fsp3) is 0.154. The van der Waals surface area contributed by atoms with Gasteiger partial charge in [-0.2, -0.15) is 0 Å². The largest absolute Gasteiger partial charge is 0.388 e. The summed E-state index contributed by atoms with van der Waals surface area (Å²) in [4.78, 5) is 3.96. The van der Waals surface area contributed by atoms with E-state index in [0.29, 0.717) is 12.0 Å². The summed E-state index contributed by atoms with van der Waals surface area (Å²) in [7, 11) is 0. The molecule has 0 saturated carbocycles. The molecule has 1 unspecified atom stereocenters. The van der Waals surface area contributed by atoms with Crippen LogP contribution in [-0.2, 0) is 6.42 Å². The molecule has 1 atom stereocenters. The van der Waals surface area contributed by atoms with Crippen LogP contribution in [0.5, 0.6) is 0 Å². The molecule has 1 aromatic carbocycles. The van der Waals surface area contributed by atoms with Crippen molar-refractivity contribution in [3.63, 3.8) is 0 Å². The Hall–Kier alpha value is -1.45. The van der Waals surface area contributed by atoms with Crippen molar-refractivity contribution in [2.75, 3.05) is 0 Å². The molecule has 0 amide bonds. The van der Waals surface area contributed by atoms with Gasteiger partial charge in [-0.05, 0) is 29.3 Å². The number of pyridine rings is 1. The summed E-state index contributed by atoms with van der Waals surface area (Å²) in [6, 6.07) is 7.65. The van der Waals surface area contributed by atoms with Crippen LogP contribution in [0.3, 0.4) is 0 Å². The normalized spacial score (nSPS) is 12.4. The van der Waals surface area contributed by atoms with Crippen LogP contribution >= 0.6 is 11.6 Å². The van der Waals surface area contributed by atoms with E-state index in [0.717, 1.165) is 5.56 Å². The van der Waals surface area contributed by atoms with E-state index in [1.807, 2.05) is 6.07 Å². The lowest BCUT2D eigenvalue weighted by Crippen LogP contribution is -2.03. The molecule has 0 aliphatic carbocycles. The highest BCUT2D eigenvalue weighted by Gasteiger charge is 2.12. The van der Waals surface area contributed by atoms with Gasteiger partial charge in [0.25, 0.3) is 0 Å². The van der Waals surface area contributed by atoms with Crippen LogP contribution in [0.4, 0.5) is 4.39 Å². The first-order valence-electron chi connectivity index (χ1n) is 5.19. The average molecular weight is 252 g/mol. The number of rotatable bonds is 3. The molecule has 0 aliphatic rings. The summed E-state index contributed by atoms with van der Waals surface area (Å²) in [5.41, 5.74) is 1.43. The van der Waals surface area contributed by atoms with Gasteiger partial charge >= 0.3 is 0 Å². The number of aliphatic hydroxyl groups is 1. The van der Waals surface area contributed by atoms with E-state index < -0.39 is 11.9 Å². The Morgan fingerprint density at radius 3 is 2.82 bits per heavy atom. The molecule has 0 bridgehead atoms. The molecule has 0 fully saturated rings. The molecule has 4 heteroatoms. The minimum Gasteiger partial charge on any atom is -0.388 e. The fourth-order valence-corrected chi connectivity index (χ4v) is 1.92. The number of benzene rings is 1. The minimum atomic E-state index is -0.757. The summed E-state index contributed by atoms with van der Waals surface area (Å²) in [6.45, 7) is 0. The van der Waals surface area contributed by atoms with Gasteiger partial charge in [0.1, 0.15) is 5.82 Å². The number of hydrogen-bond acceptors (Lipinski definition) is 2. The third-order valence-corrected chi connectivity index (χ3v) is 2.80. The van der Waals surface area contributed by atoms with Crippen LogP contribution in [0.2, 0.25) is 5.02 Å². The summed E-state index contributed by atoms with van der Waals surface area (Å²) < 4.78 is 12.9. The molecule has 0 radical (unpaired) electrons. The van der Waals surface area contributed by atoms with E-state index in [4.69, 9.17) is 11.6 Å². The molecular weight excluding hydrogens is 241 g/mol. The third-order valence-electron chi connectivity index (χ3n) is 2.47. The van der Waals surface area contributed by atoms with Crippen LogP contribution in [0.25, 0.3) is 0 Å². The van der Waals surface area contributed by atoms with Gasteiger partial charge in [-0.1, -0.05) is 23.7 Å². The summed E-state index contributed by atoms with van der Waals surface area (Å²) in [6.07, 6.45) is 2.99. The van der Waals surface area contributed by atoms with Gasteiger partial charge in [0.2, 0.25) is 0 Å². The second-order valence-electron chi connectivity index (χ2n) is 3.75. The van der Waals surface area contributed by atoms with Gasteiger partial charge in [0, 0.05) is 23.8 Å². The zero-order valence-corrected chi connectivity index (χ0v) is 9.73. The minimum absolute atomic E-state index is 0.237. The van der Waals surface area contributed by atoms with Gasteiger partial charge in [0.15, 0.2) is 0 Å². The average Bonchev–Trinajstić information content (AvgIpc) is 2.30. The Balaban J connectivity index is 2.17. The Kier molecular flexibility index (Phi) is 3.71. The van der Waals surface area contributed by atoms with E-state index in [1.165, 1.54) is 18.2 Å². The SMILES string of the molecule is OC(Cc1cccnc1)c1ccc(F)cc1Cl. The predicted molar refractivity (Wildman–Crippen MR) is 64.3 cm³/mol. The molecule has 1 N–H and O–H groups in total. The highest BCUT2D eigenvalue weighted by molar-refractivity contribution is 6.31. The maximum Gasteiger partial charge on any atom is 0.124 e. The van der Waals surface area contributed by atoms with Crippen LogP contribution < -0.4 is 0 Å². The molecule has 2 nitrogen and oxygen atoms in total. The predicted octanol–water partition coefficient (Wildman–Crippen LogP) is 3.15. The van der Waals surface area contributed by atoms with Crippen LogP contribution in [0.1, 0.15) is 17.2 Å². The maximum absolute atomic E-state index is 12.9. The van der Waals surface area contributed by atoms with Crippen molar-refractivity contribution in [3.05, 3.63) is 64.7 Å². The molecule has 1 aromatic heterocycles. The number of nitrogens with zero attached hydrogens (tertiary/aromatic N) is 1. The maximum atomic E-state index is 12.9. The first-order chi connectivity index (χ1) is 8.16. The molecule has 2 aromatic rings. The monoisotopic (exact) mass is 251 g/mol. The first-order valence-corrected chi connectivity index (χ1v) is 5.56. The van der Waals surface area contributed by atoms with Gasteiger partial charge in [-0.25, -0.2) is 4.39 Å². The van der Waals surface area contributed by atoms with Crippen molar-refractivity contribution in [2.45, 2.75) is 12.5 Å². The van der Waals surface area contributed by atoms with Gasteiger partial charge in [0.05, 0.1) is 6.10 Å². The second kappa shape index (κ2) is 5.25. The molecule has 0 saturated heterocycles. The van der Waals surface area contributed by atoms with E-state index in [-0.39, 0.29) is 5.02 Å². The van der Waals surface area contributed by atoms with Gasteiger partial charge in [-0.15, -0.1) is 0 Å². The molecule has 1 heterocycles. The van der Waals surface area contributed by atoms with Crippen molar-refractivity contribution in [1.82, 2.24) is 4.98 Å². The van der Waals surface area contributed by atoms with E-state index in [9.17, 15) is 9.50 Å². The fourth-order valence-electron chi connectivity index (χ4n) is 1.62. The molecule has 88 valence electrons. The topological polar surface area (TPSA) is 33.1 Å². The number of aliphatic hydroxyl groups excluding tert-OH is 1. The van der Waals surface area contributed by atoms with E-state index in [1.54, 1.807) is 18.5 Å². The molecule has 0 aliphatic heterocycles. The van der Waals surface area contributed by atoms with Crippen molar-refractivity contribution in [3.8, 4) is 0 Å². The summed E-state index contributed by atoms with van der Waals surface area (Å²) in [5, 5.41) is 10.2. The lowest BCUT2D eigenvalue weighted by atomic mass is 10.0. The Morgan fingerprint density at radius 2 is 2.18 bits per heavy atom. The van der Waals surface area contributed by atoms with Crippen molar-refractivity contribution >= 4 is 11.6 Å². The lowest BCUT2D eigenvalue weighted by molar-refractivity contribution is 0.178. The Labute approximate surface area is 104 Å². The first kappa shape index (κ1) is 12.0. The van der Waals surface area contributed by atoms with Crippen LogP contribution in [-0.4, -0.2) is 10.1 Å². The quantitative estimate of drug-likeness (QED) is 0.909. The van der Waals surface area contributed by atoms with Crippen molar-refractivity contribution in [2.24, 2.45) is 0 Å². The molecule has 17 heavy (non-hydrogen) atoms. The zero-order valence-electron chi connectivity index (χ0n) is 8.98. The molecule has 0 spiro atoms. The van der Waals surface area contributed by atoms with Crippen LogP contribution in [0.15, 0.2) is 42.7 Å². The summed E-state index contributed by atoms with van der Waals surface area (Å²) in [5.74, 6) is -0.410. The molecule has 2 rings (SSSR count). The molecular formula is C13H11ClFNO. The van der Waals surface area contributed by atoms with E-state index in [2.05, 4.69) is 4.98 Å². The van der Waals surface area contributed by atoms with E-state index >= 15 is 0 Å². The number of aromatic nitrogens is 1. The zero-order chi connectivity index (χ0) is 12.3. The standard InChI is InChI=1S/C13H11ClFNO/c14-12-7-10(15)3-4-11(12)13(17)6-9-2-1-5-16-8-9/h1-5,7-8,13,17H,6H2. The summed E-state index contributed by atoms with van der Waals surface area (Å²) >= 11 is 5.87. The van der Waals surface area contributed by atoms with Crippen molar-refractivity contribution < 1.29 is 9.50 Å². The van der Waals surface area contributed by atoms with Crippen molar-refractivity contribution in [1.29, 1.82) is 0 Å². The number of halogens is 2.